The number of nitrogens with zero attached hydrogens (tertiary/aromatic N) is 3. The fourth-order valence-electron chi connectivity index (χ4n) is 2.19. The lowest BCUT2D eigenvalue weighted by atomic mass is 10.1. The third kappa shape index (κ3) is 4.47. The third-order valence-electron chi connectivity index (χ3n) is 3.36. The van der Waals surface area contributed by atoms with Gasteiger partial charge < -0.3 is 15.5 Å². The molecule has 27 heavy (non-hydrogen) atoms. The Labute approximate surface area is 157 Å². The molecule has 0 saturated carbocycles. The van der Waals surface area contributed by atoms with Crippen molar-refractivity contribution in [1.29, 1.82) is 0 Å². The summed E-state index contributed by atoms with van der Waals surface area (Å²) in [5.41, 5.74) is 1.15. The smallest absolute Gasteiger partial charge is 0.411 e. The highest BCUT2D eigenvalue weighted by Gasteiger charge is 2.16. The second-order valence-corrected chi connectivity index (χ2v) is 5.73. The molecule has 10 heteroatoms. The molecule has 0 saturated heterocycles. The highest BCUT2D eigenvalue weighted by atomic mass is 35.5. The van der Waals surface area contributed by atoms with Crippen LogP contribution in [0.15, 0.2) is 48.7 Å². The topological polar surface area (TPSA) is 137 Å². The molecule has 0 bridgehead atoms. The molecule has 0 fully saturated rings. The first-order chi connectivity index (χ1) is 12.9. The van der Waals surface area contributed by atoms with Gasteiger partial charge in [-0.15, -0.1) is 10.2 Å². The summed E-state index contributed by atoms with van der Waals surface area (Å²) in [7, 11) is 0. The van der Waals surface area contributed by atoms with Crippen molar-refractivity contribution in [3.8, 4) is 17.0 Å². The van der Waals surface area contributed by atoms with Gasteiger partial charge >= 0.3 is 6.09 Å². The lowest BCUT2D eigenvalue weighted by Gasteiger charge is -2.07. The summed E-state index contributed by atoms with van der Waals surface area (Å²) in [4.78, 5) is 25.9. The minimum absolute atomic E-state index is 0.402. The van der Waals surface area contributed by atoms with Crippen LogP contribution in [0.3, 0.4) is 0 Å². The lowest BCUT2D eigenvalue weighted by molar-refractivity contribution is 0.0940. The van der Waals surface area contributed by atoms with E-state index < -0.39 is 23.4 Å². The van der Waals surface area contributed by atoms with Crippen molar-refractivity contribution in [3.63, 3.8) is 0 Å². The van der Waals surface area contributed by atoms with Crippen molar-refractivity contribution in [3.05, 3.63) is 59.4 Å². The van der Waals surface area contributed by atoms with Crippen LogP contribution in [-0.2, 0) is 0 Å². The Bertz CT molecular complexity index is 1010. The zero-order valence-corrected chi connectivity index (χ0v) is 14.3. The quantitative estimate of drug-likeness (QED) is 0.537. The molecule has 0 unspecified atom stereocenters. The molecule has 0 atom stereocenters. The van der Waals surface area contributed by atoms with Gasteiger partial charge in [-0.05, 0) is 36.4 Å². The second kappa shape index (κ2) is 7.67. The van der Waals surface area contributed by atoms with E-state index in [9.17, 15) is 14.7 Å². The number of hydrogen-bond acceptors (Lipinski definition) is 7. The van der Waals surface area contributed by atoms with Crippen LogP contribution < -0.4 is 10.6 Å². The maximum atomic E-state index is 11.6. The Hall–Kier alpha value is -3.72. The van der Waals surface area contributed by atoms with Crippen LogP contribution in [0.4, 0.5) is 16.3 Å². The Balaban J connectivity index is 1.78. The fraction of sp³-hybridized carbons (Fsp3) is 0. The number of halogens is 1. The van der Waals surface area contributed by atoms with Gasteiger partial charge in [-0.3, -0.25) is 10.1 Å². The SMILES string of the molecule is O=C(O)NC(=O)c1ncc(-c2ccc(Nc3cccc(Cl)c3)nn2)cc1O. The standard InChI is InChI=1S/C17H12ClN5O4/c18-10-2-1-3-11(7-10)20-14-5-4-12(22-23-14)9-6-13(24)15(19-8-9)16(25)21-17(26)27/h1-8,24H,(H,20,23)(H,21,25)(H,26,27). The summed E-state index contributed by atoms with van der Waals surface area (Å²) in [6.45, 7) is 0. The average molecular weight is 386 g/mol. The van der Waals surface area contributed by atoms with E-state index in [0.717, 1.165) is 5.69 Å². The van der Waals surface area contributed by atoms with Crippen molar-refractivity contribution in [1.82, 2.24) is 20.5 Å². The van der Waals surface area contributed by atoms with Crippen LogP contribution in [0.2, 0.25) is 5.02 Å². The number of rotatable bonds is 4. The minimum atomic E-state index is -1.54. The van der Waals surface area contributed by atoms with Crippen molar-refractivity contribution in [2.45, 2.75) is 0 Å². The van der Waals surface area contributed by atoms with E-state index in [4.69, 9.17) is 16.7 Å². The van der Waals surface area contributed by atoms with Gasteiger partial charge in [0.1, 0.15) is 5.75 Å². The molecule has 0 spiro atoms. The molecular weight excluding hydrogens is 374 g/mol. The molecule has 9 nitrogen and oxygen atoms in total. The molecule has 2 amide bonds. The zero-order valence-electron chi connectivity index (χ0n) is 13.5. The number of aromatic hydroxyl groups is 1. The Morgan fingerprint density at radius 1 is 1.07 bits per heavy atom. The van der Waals surface area contributed by atoms with Crippen molar-refractivity contribution in [2.75, 3.05) is 5.32 Å². The number of aromatic nitrogens is 3. The van der Waals surface area contributed by atoms with Crippen LogP contribution in [0.1, 0.15) is 10.5 Å². The first-order valence-corrected chi connectivity index (χ1v) is 7.90. The highest BCUT2D eigenvalue weighted by Crippen LogP contribution is 2.24. The van der Waals surface area contributed by atoms with Crippen LogP contribution >= 0.6 is 11.6 Å². The molecular formula is C17H12ClN5O4. The van der Waals surface area contributed by atoms with E-state index in [1.165, 1.54) is 12.3 Å². The van der Waals surface area contributed by atoms with Gasteiger partial charge in [-0.25, -0.2) is 9.78 Å². The highest BCUT2D eigenvalue weighted by molar-refractivity contribution is 6.30. The first kappa shape index (κ1) is 18.1. The lowest BCUT2D eigenvalue weighted by Crippen LogP contribution is -2.29. The number of carbonyl (C=O) groups is 2. The predicted octanol–water partition coefficient (Wildman–Crippen LogP) is 3.05. The number of nitrogens with one attached hydrogen (secondary N) is 2. The van der Waals surface area contributed by atoms with Crippen LogP contribution in [0, 0.1) is 0 Å². The molecule has 0 aliphatic rings. The van der Waals surface area contributed by atoms with Crippen molar-refractivity contribution >= 4 is 35.1 Å². The molecule has 1 aromatic carbocycles. The van der Waals surface area contributed by atoms with Gasteiger partial charge in [0, 0.05) is 22.5 Å². The fourth-order valence-corrected chi connectivity index (χ4v) is 2.38. The van der Waals surface area contributed by atoms with Gasteiger partial charge in [-0.2, -0.15) is 0 Å². The first-order valence-electron chi connectivity index (χ1n) is 7.52. The van der Waals surface area contributed by atoms with Crippen LogP contribution in [0.5, 0.6) is 5.75 Å². The normalized spacial score (nSPS) is 10.3. The minimum Gasteiger partial charge on any atom is -0.505 e. The van der Waals surface area contributed by atoms with Crippen molar-refractivity contribution in [2.24, 2.45) is 0 Å². The van der Waals surface area contributed by atoms with Gasteiger partial charge in [0.25, 0.3) is 5.91 Å². The predicted molar refractivity (Wildman–Crippen MR) is 97.2 cm³/mol. The molecule has 4 N–H and O–H groups in total. The number of anilines is 2. The van der Waals surface area contributed by atoms with Crippen molar-refractivity contribution < 1.29 is 19.8 Å². The summed E-state index contributed by atoms with van der Waals surface area (Å²) in [5, 5.41) is 31.8. The summed E-state index contributed by atoms with van der Waals surface area (Å²) >= 11 is 5.93. The summed E-state index contributed by atoms with van der Waals surface area (Å²) in [5.74, 6) is -1.02. The molecule has 0 aliphatic carbocycles. The molecule has 3 aromatic rings. The van der Waals surface area contributed by atoms with Gasteiger partial charge in [0.05, 0.1) is 5.69 Å². The Kier molecular flexibility index (Phi) is 5.13. The Morgan fingerprint density at radius 3 is 2.52 bits per heavy atom. The number of benzene rings is 1. The number of amides is 2. The summed E-state index contributed by atoms with van der Waals surface area (Å²) < 4.78 is 0. The van der Waals surface area contributed by atoms with E-state index in [1.54, 1.807) is 35.6 Å². The van der Waals surface area contributed by atoms with Crippen LogP contribution in [-0.4, -0.2) is 37.4 Å². The third-order valence-corrected chi connectivity index (χ3v) is 3.60. The molecule has 0 aliphatic heterocycles. The average Bonchev–Trinajstić information content (AvgIpc) is 2.61. The largest absolute Gasteiger partial charge is 0.505 e. The van der Waals surface area contributed by atoms with Crippen LogP contribution in [0.25, 0.3) is 11.3 Å². The zero-order chi connectivity index (χ0) is 19.4. The van der Waals surface area contributed by atoms with Gasteiger partial charge in [0.15, 0.2) is 11.5 Å². The number of pyridine rings is 1. The number of carboxylic acid groups (broad SMARTS) is 1. The maximum absolute atomic E-state index is 11.6. The van der Waals surface area contributed by atoms with E-state index in [2.05, 4.69) is 20.5 Å². The second-order valence-electron chi connectivity index (χ2n) is 5.29. The van der Waals surface area contributed by atoms with Gasteiger partial charge in [0.2, 0.25) is 0 Å². The van der Waals surface area contributed by atoms with E-state index in [1.807, 2.05) is 6.07 Å². The van der Waals surface area contributed by atoms with Gasteiger partial charge in [-0.1, -0.05) is 17.7 Å². The molecule has 3 rings (SSSR count). The molecule has 0 radical (unpaired) electrons. The van der Waals surface area contributed by atoms with E-state index in [-0.39, 0.29) is 0 Å². The van der Waals surface area contributed by atoms with E-state index in [0.29, 0.717) is 22.1 Å². The summed E-state index contributed by atoms with van der Waals surface area (Å²) in [6, 6.07) is 11.7. The monoisotopic (exact) mass is 385 g/mol. The summed E-state index contributed by atoms with van der Waals surface area (Å²) in [6.07, 6.45) is -0.260. The molecule has 2 heterocycles. The number of hydrogen-bond donors (Lipinski definition) is 4. The maximum Gasteiger partial charge on any atom is 0.411 e. The number of carbonyl (C=O) groups excluding carboxylic acids is 1. The Morgan fingerprint density at radius 2 is 1.89 bits per heavy atom. The molecule has 136 valence electrons. The number of imide groups is 1. The van der Waals surface area contributed by atoms with E-state index >= 15 is 0 Å². The molecule has 2 aromatic heterocycles.